The lowest BCUT2D eigenvalue weighted by molar-refractivity contribution is 0.0954. The second kappa shape index (κ2) is 11.4. The third-order valence-corrected chi connectivity index (χ3v) is 6.82. The second-order valence-electron chi connectivity index (χ2n) is 7.15. The maximum absolute atomic E-state index is 12.7. The summed E-state index contributed by atoms with van der Waals surface area (Å²) in [5.41, 5.74) is 4.25. The summed E-state index contributed by atoms with van der Waals surface area (Å²) >= 11 is 1.94. The van der Waals surface area contributed by atoms with Crippen LogP contribution in [0.3, 0.4) is 0 Å². The van der Waals surface area contributed by atoms with E-state index in [0.717, 1.165) is 5.56 Å². The van der Waals surface area contributed by atoms with Crippen LogP contribution >= 0.6 is 22.6 Å². The van der Waals surface area contributed by atoms with Crippen molar-refractivity contribution in [3.05, 3.63) is 74.9 Å². The summed E-state index contributed by atoms with van der Waals surface area (Å²) in [6, 6.07) is 14.3. The first-order valence-electron chi connectivity index (χ1n) is 10.1. The molecular formula is C24H23IN2O7S. The smallest absolute Gasteiger partial charge is 0.339 e. The van der Waals surface area contributed by atoms with Crippen molar-refractivity contribution < 1.29 is 31.6 Å². The van der Waals surface area contributed by atoms with Gasteiger partial charge in [0.05, 0.1) is 31.1 Å². The Labute approximate surface area is 217 Å². The third-order valence-electron chi connectivity index (χ3n) is 4.78. The lowest BCUT2D eigenvalue weighted by atomic mass is 10.2. The number of methoxy groups -OCH3 is 3. The molecule has 0 heterocycles. The molecule has 3 aromatic rings. The van der Waals surface area contributed by atoms with Crippen LogP contribution in [0.15, 0.2) is 64.6 Å². The molecule has 184 valence electrons. The van der Waals surface area contributed by atoms with Gasteiger partial charge in [-0.2, -0.15) is 13.5 Å². The summed E-state index contributed by atoms with van der Waals surface area (Å²) < 4.78 is 47.0. The molecule has 0 aromatic heterocycles. The molecule has 0 bridgehead atoms. The molecule has 0 aliphatic rings. The predicted octanol–water partition coefficient (Wildman–Crippen LogP) is 4.16. The highest BCUT2D eigenvalue weighted by Gasteiger charge is 2.22. The fraction of sp³-hybridized carbons (Fsp3) is 0.167. The highest BCUT2D eigenvalue weighted by atomic mass is 127. The number of nitrogens with zero attached hydrogens (tertiary/aromatic N) is 1. The summed E-state index contributed by atoms with van der Waals surface area (Å²) in [5, 5.41) is 3.98. The zero-order valence-electron chi connectivity index (χ0n) is 19.4. The molecule has 35 heavy (non-hydrogen) atoms. The van der Waals surface area contributed by atoms with E-state index in [1.54, 1.807) is 36.4 Å². The number of amides is 1. The SMILES string of the molecule is COc1ccc(C(=O)N/N=C/c2cc(I)c(OS(=O)(=O)c3ccc(C)cc3)c(OC)c2)cc1OC. The molecule has 1 amide bonds. The zero-order chi connectivity index (χ0) is 25.6. The minimum absolute atomic E-state index is 0.0319. The molecule has 1 N–H and O–H groups in total. The van der Waals surface area contributed by atoms with Crippen LogP contribution in [0.1, 0.15) is 21.5 Å². The molecule has 0 unspecified atom stereocenters. The number of hydrogen-bond acceptors (Lipinski definition) is 8. The molecule has 0 atom stereocenters. The van der Waals surface area contributed by atoms with E-state index >= 15 is 0 Å². The van der Waals surface area contributed by atoms with Crippen LogP contribution in [0.5, 0.6) is 23.0 Å². The Morgan fingerprint density at radius 3 is 2.20 bits per heavy atom. The van der Waals surface area contributed by atoms with E-state index in [9.17, 15) is 13.2 Å². The van der Waals surface area contributed by atoms with E-state index in [1.807, 2.05) is 29.5 Å². The Morgan fingerprint density at radius 2 is 1.57 bits per heavy atom. The van der Waals surface area contributed by atoms with Crippen molar-refractivity contribution in [1.29, 1.82) is 0 Å². The monoisotopic (exact) mass is 610 g/mol. The van der Waals surface area contributed by atoms with E-state index in [2.05, 4.69) is 10.5 Å². The molecule has 3 rings (SSSR count). The lowest BCUT2D eigenvalue weighted by Gasteiger charge is -2.13. The largest absolute Gasteiger partial charge is 0.493 e. The minimum Gasteiger partial charge on any atom is -0.493 e. The Balaban J connectivity index is 1.77. The fourth-order valence-corrected chi connectivity index (χ4v) is 4.81. The quantitative estimate of drug-likeness (QED) is 0.168. The average molecular weight is 610 g/mol. The van der Waals surface area contributed by atoms with E-state index in [-0.39, 0.29) is 16.4 Å². The first kappa shape index (κ1) is 26.3. The van der Waals surface area contributed by atoms with Crippen LogP contribution in [0.2, 0.25) is 0 Å². The number of benzene rings is 3. The van der Waals surface area contributed by atoms with E-state index in [0.29, 0.717) is 26.2 Å². The van der Waals surface area contributed by atoms with E-state index in [1.165, 1.54) is 45.7 Å². The van der Waals surface area contributed by atoms with Crippen molar-refractivity contribution in [2.75, 3.05) is 21.3 Å². The van der Waals surface area contributed by atoms with Crippen molar-refractivity contribution in [1.82, 2.24) is 5.43 Å². The Hall–Kier alpha value is -3.32. The van der Waals surface area contributed by atoms with Gasteiger partial charge in [0, 0.05) is 5.56 Å². The van der Waals surface area contributed by atoms with Crippen LogP contribution in [0.4, 0.5) is 0 Å². The molecule has 0 fully saturated rings. The zero-order valence-corrected chi connectivity index (χ0v) is 22.3. The number of carbonyl (C=O) groups is 1. The van der Waals surface area contributed by atoms with Gasteiger partial charge in [-0.05, 0) is 77.5 Å². The summed E-state index contributed by atoms with van der Waals surface area (Å²) in [6.07, 6.45) is 1.40. The molecule has 9 nitrogen and oxygen atoms in total. The van der Waals surface area contributed by atoms with Crippen LogP contribution in [-0.4, -0.2) is 41.9 Å². The van der Waals surface area contributed by atoms with Crippen LogP contribution in [0, 0.1) is 10.5 Å². The minimum atomic E-state index is -4.06. The first-order valence-corrected chi connectivity index (χ1v) is 12.6. The third kappa shape index (κ3) is 6.42. The van der Waals surface area contributed by atoms with Gasteiger partial charge in [0.25, 0.3) is 5.91 Å². The van der Waals surface area contributed by atoms with Gasteiger partial charge >= 0.3 is 10.1 Å². The Bertz CT molecular complexity index is 1360. The number of aryl methyl sites for hydroxylation is 1. The van der Waals surface area contributed by atoms with Crippen molar-refractivity contribution in [2.24, 2.45) is 5.10 Å². The van der Waals surface area contributed by atoms with E-state index in [4.69, 9.17) is 18.4 Å². The average Bonchev–Trinajstić information content (AvgIpc) is 2.85. The number of nitrogens with one attached hydrogen (secondary N) is 1. The number of hydrogen-bond donors (Lipinski definition) is 1. The Morgan fingerprint density at radius 1 is 0.914 bits per heavy atom. The lowest BCUT2D eigenvalue weighted by Crippen LogP contribution is -2.17. The summed E-state index contributed by atoms with van der Waals surface area (Å²) in [4.78, 5) is 12.5. The molecule has 0 spiro atoms. The number of hydrazone groups is 1. The number of ether oxygens (including phenoxy) is 3. The van der Waals surface area contributed by atoms with Gasteiger partial charge in [0.2, 0.25) is 0 Å². The Kier molecular flexibility index (Phi) is 8.57. The van der Waals surface area contributed by atoms with Crippen LogP contribution < -0.4 is 23.8 Å². The van der Waals surface area contributed by atoms with Crippen molar-refractivity contribution >= 4 is 44.8 Å². The van der Waals surface area contributed by atoms with Gasteiger partial charge in [0.15, 0.2) is 23.0 Å². The maximum atomic E-state index is 12.7. The summed E-state index contributed by atoms with van der Waals surface area (Å²) in [7, 11) is 0.321. The molecule has 0 aliphatic carbocycles. The maximum Gasteiger partial charge on any atom is 0.339 e. The first-order chi connectivity index (χ1) is 16.7. The highest BCUT2D eigenvalue weighted by Crippen LogP contribution is 2.35. The summed E-state index contributed by atoms with van der Waals surface area (Å²) in [6.45, 7) is 1.86. The van der Waals surface area contributed by atoms with E-state index < -0.39 is 16.0 Å². The standard InChI is InChI=1S/C24H23IN2O7S/c1-15-5-8-18(9-6-15)35(29,30)34-23-19(25)11-16(12-22(23)33-4)14-26-27-24(28)17-7-10-20(31-2)21(13-17)32-3/h5-14H,1-4H3,(H,27,28)/b26-14+. The molecule has 3 aromatic carbocycles. The van der Waals surface area contributed by atoms with Crippen molar-refractivity contribution in [3.63, 3.8) is 0 Å². The topological polar surface area (TPSA) is 113 Å². The van der Waals surface area contributed by atoms with Crippen LogP contribution in [0.25, 0.3) is 0 Å². The van der Waals surface area contributed by atoms with Crippen LogP contribution in [-0.2, 0) is 10.1 Å². The number of carbonyl (C=O) groups excluding carboxylic acids is 1. The normalized spacial score (nSPS) is 11.2. The number of rotatable bonds is 9. The van der Waals surface area contributed by atoms with Crippen molar-refractivity contribution in [2.45, 2.75) is 11.8 Å². The molecular weight excluding hydrogens is 587 g/mol. The van der Waals surface area contributed by atoms with Gasteiger partial charge in [-0.15, -0.1) is 0 Å². The second-order valence-corrected chi connectivity index (χ2v) is 9.86. The van der Waals surface area contributed by atoms with Gasteiger partial charge in [-0.3, -0.25) is 4.79 Å². The predicted molar refractivity (Wildman–Crippen MR) is 139 cm³/mol. The highest BCUT2D eigenvalue weighted by molar-refractivity contribution is 14.1. The molecule has 0 saturated carbocycles. The van der Waals surface area contributed by atoms with Gasteiger partial charge in [-0.1, -0.05) is 17.7 Å². The van der Waals surface area contributed by atoms with Crippen molar-refractivity contribution in [3.8, 4) is 23.0 Å². The fourth-order valence-electron chi connectivity index (χ4n) is 2.97. The molecule has 0 saturated heterocycles. The van der Waals surface area contributed by atoms with Gasteiger partial charge in [0.1, 0.15) is 4.90 Å². The number of halogens is 1. The summed E-state index contributed by atoms with van der Waals surface area (Å²) in [5.74, 6) is 0.717. The van der Waals surface area contributed by atoms with Gasteiger partial charge < -0.3 is 18.4 Å². The molecule has 0 aliphatic heterocycles. The molecule has 11 heteroatoms. The molecule has 0 radical (unpaired) electrons. The van der Waals surface area contributed by atoms with Gasteiger partial charge in [-0.25, -0.2) is 5.43 Å².